The van der Waals surface area contributed by atoms with Crippen molar-refractivity contribution >= 4 is 15.7 Å². The van der Waals surface area contributed by atoms with E-state index in [1.54, 1.807) is 0 Å². The maximum atomic E-state index is 12.7. The third-order valence-electron chi connectivity index (χ3n) is 2.16. The van der Waals surface area contributed by atoms with Crippen LogP contribution in [0, 0.1) is 0 Å². The summed E-state index contributed by atoms with van der Waals surface area (Å²) in [5.74, 6) is -4.44. The lowest BCUT2D eigenvalue weighted by atomic mass is 10.4. The number of sulfonamides is 1. The highest BCUT2D eigenvalue weighted by atomic mass is 32.2. The second-order valence-corrected chi connectivity index (χ2v) is 5.24. The zero-order valence-corrected chi connectivity index (χ0v) is 10.5. The van der Waals surface area contributed by atoms with Gasteiger partial charge in [-0.25, -0.2) is 21.9 Å². The van der Waals surface area contributed by atoms with Crippen LogP contribution in [0.1, 0.15) is 0 Å². The van der Waals surface area contributed by atoms with Crippen LogP contribution in [0.2, 0.25) is 0 Å². The number of halogens is 4. The summed E-state index contributed by atoms with van der Waals surface area (Å²) in [6, 6.07) is 1.31. The fraction of sp³-hybridized carbons (Fsp3) is 0.444. The summed E-state index contributed by atoms with van der Waals surface area (Å²) >= 11 is 0. The lowest BCUT2D eigenvalue weighted by Crippen LogP contribution is -2.41. The van der Waals surface area contributed by atoms with Gasteiger partial charge in [-0.2, -0.15) is 8.78 Å². The molecule has 0 saturated carbocycles. The molecule has 19 heavy (non-hydrogen) atoms. The van der Waals surface area contributed by atoms with Crippen LogP contribution in [-0.2, 0) is 10.0 Å². The largest absolute Gasteiger partial charge is 0.387 e. The van der Waals surface area contributed by atoms with Gasteiger partial charge in [-0.3, -0.25) is 4.98 Å². The first-order chi connectivity index (χ1) is 8.70. The topological polar surface area (TPSA) is 71.1 Å². The van der Waals surface area contributed by atoms with Crippen molar-refractivity contribution in [3.63, 3.8) is 0 Å². The molecule has 0 saturated heterocycles. The molecule has 0 spiro atoms. The maximum absolute atomic E-state index is 12.7. The molecule has 0 atom stereocenters. The first-order valence-corrected chi connectivity index (χ1v) is 6.46. The third kappa shape index (κ3) is 3.77. The molecule has 1 heterocycles. The lowest BCUT2D eigenvalue weighted by molar-refractivity contribution is -0.122. The van der Waals surface area contributed by atoms with E-state index < -0.39 is 33.8 Å². The summed E-state index contributed by atoms with van der Waals surface area (Å²) < 4.78 is 74.0. The molecule has 0 aliphatic heterocycles. The van der Waals surface area contributed by atoms with Gasteiger partial charge in [0.2, 0.25) is 10.0 Å². The Hall–Kier alpha value is -1.42. The fourth-order valence-electron chi connectivity index (χ4n) is 1.15. The van der Waals surface area contributed by atoms with Gasteiger partial charge >= 0.3 is 12.3 Å². The lowest BCUT2D eigenvalue weighted by Gasteiger charge is -2.16. The summed E-state index contributed by atoms with van der Waals surface area (Å²) in [5.41, 5.74) is 0.114. The first kappa shape index (κ1) is 15.6. The molecule has 0 unspecified atom stereocenters. The standard InChI is InChI=1S/C9H11F4N3O2S/c1-14-6-2-3-15-4-7(6)19(17,18)16-5-9(12,13)8(10)11/h2-4,8,16H,5H2,1H3,(H,14,15). The molecule has 108 valence electrons. The Morgan fingerprint density at radius 2 is 2.05 bits per heavy atom. The second kappa shape index (κ2) is 5.70. The van der Waals surface area contributed by atoms with Crippen molar-refractivity contribution in [2.75, 3.05) is 18.9 Å². The van der Waals surface area contributed by atoms with E-state index in [1.165, 1.54) is 24.0 Å². The van der Waals surface area contributed by atoms with E-state index in [-0.39, 0.29) is 5.69 Å². The van der Waals surface area contributed by atoms with E-state index in [1.807, 2.05) is 0 Å². The minimum absolute atomic E-state index is 0.114. The normalized spacial score (nSPS) is 12.7. The molecule has 1 aromatic rings. The van der Waals surface area contributed by atoms with Crippen LogP contribution in [0.15, 0.2) is 23.4 Å². The van der Waals surface area contributed by atoms with E-state index in [0.717, 1.165) is 6.20 Å². The molecule has 1 aromatic heterocycles. The van der Waals surface area contributed by atoms with Crippen molar-refractivity contribution in [1.29, 1.82) is 0 Å². The highest BCUT2D eigenvalue weighted by Crippen LogP contribution is 2.23. The summed E-state index contributed by atoms with van der Waals surface area (Å²) in [5, 5.41) is 2.53. The molecule has 10 heteroatoms. The van der Waals surface area contributed by atoms with Crippen molar-refractivity contribution in [1.82, 2.24) is 9.71 Å². The van der Waals surface area contributed by atoms with Crippen molar-refractivity contribution in [3.8, 4) is 0 Å². The number of hydrogen-bond acceptors (Lipinski definition) is 4. The van der Waals surface area contributed by atoms with Gasteiger partial charge in [0.15, 0.2) is 0 Å². The van der Waals surface area contributed by atoms with Gasteiger partial charge in [0.25, 0.3) is 0 Å². The minimum atomic E-state index is -4.44. The van der Waals surface area contributed by atoms with Gasteiger partial charge in [-0.05, 0) is 6.07 Å². The molecule has 0 amide bonds. The van der Waals surface area contributed by atoms with Gasteiger partial charge in [0.05, 0.1) is 12.2 Å². The molecule has 0 aromatic carbocycles. The van der Waals surface area contributed by atoms with Crippen LogP contribution in [0.5, 0.6) is 0 Å². The van der Waals surface area contributed by atoms with Gasteiger partial charge in [-0.1, -0.05) is 0 Å². The number of rotatable bonds is 6. The van der Waals surface area contributed by atoms with Gasteiger partial charge in [0.1, 0.15) is 4.90 Å². The average Bonchev–Trinajstić information content (AvgIpc) is 2.36. The molecule has 1 rings (SSSR count). The molecular formula is C9H11F4N3O2S. The minimum Gasteiger partial charge on any atom is -0.387 e. The van der Waals surface area contributed by atoms with E-state index >= 15 is 0 Å². The fourth-order valence-corrected chi connectivity index (χ4v) is 2.34. The number of nitrogens with one attached hydrogen (secondary N) is 2. The number of nitrogens with zero attached hydrogens (tertiary/aromatic N) is 1. The van der Waals surface area contributed by atoms with Crippen LogP contribution < -0.4 is 10.0 Å². The Labute approximate surface area is 107 Å². The summed E-state index contributed by atoms with van der Waals surface area (Å²) in [6.45, 7) is -1.69. The van der Waals surface area contributed by atoms with E-state index in [2.05, 4.69) is 10.3 Å². The first-order valence-electron chi connectivity index (χ1n) is 4.98. The maximum Gasteiger partial charge on any atom is 0.320 e. The molecule has 0 bridgehead atoms. The number of alkyl halides is 4. The van der Waals surface area contributed by atoms with Crippen LogP contribution in [0.4, 0.5) is 23.2 Å². The van der Waals surface area contributed by atoms with Gasteiger partial charge in [0, 0.05) is 19.4 Å². The Kier molecular flexibility index (Phi) is 4.69. The van der Waals surface area contributed by atoms with Crippen LogP contribution >= 0.6 is 0 Å². The Bertz CT molecular complexity index is 536. The SMILES string of the molecule is CNc1ccncc1S(=O)(=O)NCC(F)(F)C(F)F. The molecule has 0 radical (unpaired) electrons. The van der Waals surface area contributed by atoms with Crippen LogP contribution in [0.3, 0.4) is 0 Å². The summed E-state index contributed by atoms with van der Waals surface area (Å²) in [4.78, 5) is 3.14. The van der Waals surface area contributed by atoms with Crippen LogP contribution in [-0.4, -0.2) is 39.3 Å². The zero-order chi connectivity index (χ0) is 14.7. The number of hydrogen-bond donors (Lipinski definition) is 2. The van der Waals surface area contributed by atoms with Crippen molar-refractivity contribution in [2.24, 2.45) is 0 Å². The van der Waals surface area contributed by atoms with Gasteiger partial charge in [-0.15, -0.1) is 0 Å². The average molecular weight is 301 g/mol. The van der Waals surface area contributed by atoms with E-state index in [9.17, 15) is 26.0 Å². The van der Waals surface area contributed by atoms with Crippen LogP contribution in [0.25, 0.3) is 0 Å². The third-order valence-corrected chi connectivity index (χ3v) is 3.59. The number of anilines is 1. The number of pyridine rings is 1. The zero-order valence-electron chi connectivity index (χ0n) is 9.70. The predicted molar refractivity (Wildman–Crippen MR) is 59.9 cm³/mol. The predicted octanol–water partition coefficient (Wildman–Crippen LogP) is 1.30. The van der Waals surface area contributed by atoms with E-state index in [0.29, 0.717) is 0 Å². The summed E-state index contributed by atoms with van der Waals surface area (Å²) in [7, 11) is -2.94. The molecular weight excluding hydrogens is 290 g/mol. The van der Waals surface area contributed by atoms with Crippen molar-refractivity contribution in [2.45, 2.75) is 17.2 Å². The van der Waals surface area contributed by atoms with Crippen molar-refractivity contribution < 1.29 is 26.0 Å². The second-order valence-electron chi connectivity index (χ2n) is 3.51. The molecule has 0 aliphatic carbocycles. The highest BCUT2D eigenvalue weighted by molar-refractivity contribution is 7.89. The molecule has 0 fully saturated rings. The van der Waals surface area contributed by atoms with Crippen molar-refractivity contribution in [3.05, 3.63) is 18.5 Å². The molecule has 2 N–H and O–H groups in total. The Balaban J connectivity index is 2.94. The quantitative estimate of drug-likeness (QED) is 0.777. The Morgan fingerprint density at radius 1 is 1.42 bits per heavy atom. The van der Waals surface area contributed by atoms with E-state index in [4.69, 9.17) is 0 Å². The molecule has 0 aliphatic rings. The highest BCUT2D eigenvalue weighted by Gasteiger charge is 2.41. The molecule has 5 nitrogen and oxygen atoms in total. The smallest absolute Gasteiger partial charge is 0.320 e. The van der Waals surface area contributed by atoms with Gasteiger partial charge < -0.3 is 5.32 Å². The summed E-state index contributed by atoms with van der Waals surface area (Å²) in [6.07, 6.45) is -1.74. The monoisotopic (exact) mass is 301 g/mol. The Morgan fingerprint density at radius 3 is 2.58 bits per heavy atom. The number of aromatic nitrogens is 1.